The molecule has 3 nitrogen and oxygen atoms in total. The lowest BCUT2D eigenvalue weighted by Gasteiger charge is -2.22. The number of rotatable bonds is 3. The number of methoxy groups -OCH3 is 1. The summed E-state index contributed by atoms with van der Waals surface area (Å²) < 4.78 is 4.77. The molecule has 0 amide bonds. The van der Waals surface area contributed by atoms with Crippen LogP contribution >= 0.6 is 0 Å². The molecule has 0 N–H and O–H groups in total. The SMILES string of the molecule is COC(=O)[C@@H]1[C@H](C)CC[C@@H]1C(C)C=O. The first-order valence-corrected chi connectivity index (χ1v) is 5.15. The van der Waals surface area contributed by atoms with Gasteiger partial charge in [-0.2, -0.15) is 0 Å². The Hall–Kier alpha value is -0.860. The number of carbonyl (C=O) groups is 2. The molecular weight excluding hydrogens is 180 g/mol. The smallest absolute Gasteiger partial charge is 0.309 e. The molecule has 0 radical (unpaired) electrons. The van der Waals surface area contributed by atoms with E-state index in [0.29, 0.717) is 5.92 Å². The van der Waals surface area contributed by atoms with Gasteiger partial charge in [0.1, 0.15) is 6.29 Å². The van der Waals surface area contributed by atoms with Crippen LogP contribution in [-0.4, -0.2) is 19.4 Å². The molecule has 0 heterocycles. The molecule has 1 aliphatic carbocycles. The van der Waals surface area contributed by atoms with Crippen LogP contribution in [0.25, 0.3) is 0 Å². The maximum absolute atomic E-state index is 11.5. The van der Waals surface area contributed by atoms with Crippen molar-refractivity contribution >= 4 is 12.3 Å². The number of carbonyl (C=O) groups excluding carboxylic acids is 2. The van der Waals surface area contributed by atoms with E-state index < -0.39 is 0 Å². The van der Waals surface area contributed by atoms with Gasteiger partial charge in [-0.15, -0.1) is 0 Å². The van der Waals surface area contributed by atoms with Crippen molar-refractivity contribution in [2.75, 3.05) is 7.11 Å². The van der Waals surface area contributed by atoms with E-state index in [-0.39, 0.29) is 23.7 Å². The van der Waals surface area contributed by atoms with Gasteiger partial charge in [0.25, 0.3) is 0 Å². The molecule has 0 aromatic heterocycles. The molecule has 0 aromatic carbocycles. The van der Waals surface area contributed by atoms with Crippen molar-refractivity contribution in [3.05, 3.63) is 0 Å². The van der Waals surface area contributed by atoms with Gasteiger partial charge in [0.2, 0.25) is 0 Å². The van der Waals surface area contributed by atoms with Crippen LogP contribution in [-0.2, 0) is 14.3 Å². The fraction of sp³-hybridized carbons (Fsp3) is 0.818. The van der Waals surface area contributed by atoms with Crippen molar-refractivity contribution in [1.82, 2.24) is 0 Å². The number of esters is 1. The lowest BCUT2D eigenvalue weighted by atomic mass is 9.83. The van der Waals surface area contributed by atoms with E-state index in [0.717, 1.165) is 19.1 Å². The van der Waals surface area contributed by atoms with Crippen molar-refractivity contribution in [2.45, 2.75) is 26.7 Å². The molecule has 80 valence electrons. The normalized spacial score (nSPS) is 33.8. The highest BCUT2D eigenvalue weighted by molar-refractivity contribution is 5.74. The van der Waals surface area contributed by atoms with Gasteiger partial charge in [0.05, 0.1) is 13.0 Å². The molecule has 0 aromatic rings. The highest BCUT2D eigenvalue weighted by Crippen LogP contribution is 2.41. The molecule has 4 atom stereocenters. The molecule has 1 rings (SSSR count). The Kier molecular flexibility index (Phi) is 3.67. The monoisotopic (exact) mass is 198 g/mol. The van der Waals surface area contributed by atoms with E-state index in [2.05, 4.69) is 6.92 Å². The average molecular weight is 198 g/mol. The van der Waals surface area contributed by atoms with Crippen LogP contribution in [0.1, 0.15) is 26.7 Å². The molecule has 0 spiro atoms. The first kappa shape index (κ1) is 11.2. The van der Waals surface area contributed by atoms with Gasteiger partial charge in [-0.3, -0.25) is 4.79 Å². The van der Waals surface area contributed by atoms with Crippen LogP contribution in [0, 0.1) is 23.7 Å². The predicted octanol–water partition coefficient (Wildman–Crippen LogP) is 1.66. The summed E-state index contributed by atoms with van der Waals surface area (Å²) in [6.45, 7) is 3.94. The molecule has 0 saturated heterocycles. The van der Waals surface area contributed by atoms with E-state index in [1.807, 2.05) is 6.92 Å². The fourth-order valence-electron chi connectivity index (χ4n) is 2.47. The Morgan fingerprint density at radius 3 is 2.64 bits per heavy atom. The largest absolute Gasteiger partial charge is 0.469 e. The third-order valence-electron chi connectivity index (χ3n) is 3.39. The van der Waals surface area contributed by atoms with E-state index in [1.165, 1.54) is 7.11 Å². The second-order valence-corrected chi connectivity index (χ2v) is 4.26. The van der Waals surface area contributed by atoms with Crippen LogP contribution in [0.2, 0.25) is 0 Å². The summed E-state index contributed by atoms with van der Waals surface area (Å²) in [6, 6.07) is 0. The summed E-state index contributed by atoms with van der Waals surface area (Å²) in [4.78, 5) is 22.2. The summed E-state index contributed by atoms with van der Waals surface area (Å²) in [5.74, 6) is 0.239. The minimum Gasteiger partial charge on any atom is -0.469 e. The molecule has 1 fully saturated rings. The lowest BCUT2D eigenvalue weighted by molar-refractivity contribution is -0.148. The standard InChI is InChI=1S/C11H18O3/c1-7-4-5-9(8(2)6-12)10(7)11(13)14-3/h6-10H,4-5H2,1-3H3/t7-,8?,9-,10-/m1/s1. The maximum atomic E-state index is 11.5. The molecule has 1 saturated carbocycles. The van der Waals surface area contributed by atoms with Crippen LogP contribution in [0.5, 0.6) is 0 Å². The fourth-order valence-corrected chi connectivity index (χ4v) is 2.47. The molecule has 3 heteroatoms. The van der Waals surface area contributed by atoms with Crippen LogP contribution in [0.4, 0.5) is 0 Å². The molecule has 0 bridgehead atoms. The summed E-state index contributed by atoms with van der Waals surface area (Å²) in [5, 5.41) is 0. The Labute approximate surface area is 84.8 Å². The molecule has 0 aliphatic heterocycles. The topological polar surface area (TPSA) is 43.4 Å². The zero-order valence-corrected chi connectivity index (χ0v) is 9.03. The van der Waals surface area contributed by atoms with Gasteiger partial charge in [-0.1, -0.05) is 13.8 Å². The first-order valence-electron chi connectivity index (χ1n) is 5.15. The summed E-state index contributed by atoms with van der Waals surface area (Å²) >= 11 is 0. The van der Waals surface area contributed by atoms with Crippen molar-refractivity contribution in [2.24, 2.45) is 23.7 Å². The second kappa shape index (κ2) is 4.58. The van der Waals surface area contributed by atoms with Crippen molar-refractivity contribution in [1.29, 1.82) is 0 Å². The lowest BCUT2D eigenvalue weighted by Crippen LogP contribution is -2.29. The Balaban J connectivity index is 2.76. The summed E-state index contributed by atoms with van der Waals surface area (Å²) in [6.07, 6.45) is 2.92. The zero-order valence-electron chi connectivity index (χ0n) is 9.03. The van der Waals surface area contributed by atoms with Crippen LogP contribution in [0.3, 0.4) is 0 Å². The molecule has 1 aliphatic rings. The van der Waals surface area contributed by atoms with Gasteiger partial charge in [-0.05, 0) is 24.7 Å². The first-order chi connectivity index (χ1) is 6.61. The molecule has 14 heavy (non-hydrogen) atoms. The van der Waals surface area contributed by atoms with Gasteiger partial charge < -0.3 is 9.53 Å². The number of aldehydes is 1. The predicted molar refractivity (Wildman–Crippen MR) is 52.6 cm³/mol. The highest BCUT2D eigenvalue weighted by Gasteiger charge is 2.41. The average Bonchev–Trinajstić information content (AvgIpc) is 2.58. The van der Waals surface area contributed by atoms with E-state index in [1.54, 1.807) is 0 Å². The van der Waals surface area contributed by atoms with Gasteiger partial charge in [-0.25, -0.2) is 0 Å². The Bertz CT molecular complexity index is 225. The summed E-state index contributed by atoms with van der Waals surface area (Å²) in [5.41, 5.74) is 0. The molecule has 1 unspecified atom stereocenters. The minimum atomic E-state index is -0.159. The van der Waals surface area contributed by atoms with Gasteiger partial charge in [0.15, 0.2) is 0 Å². The minimum absolute atomic E-state index is 0.0379. The van der Waals surface area contributed by atoms with Crippen molar-refractivity contribution in [3.63, 3.8) is 0 Å². The van der Waals surface area contributed by atoms with Gasteiger partial charge >= 0.3 is 5.97 Å². The van der Waals surface area contributed by atoms with Crippen LogP contribution in [0.15, 0.2) is 0 Å². The quantitative estimate of drug-likeness (QED) is 0.511. The number of ether oxygens (including phenoxy) is 1. The van der Waals surface area contributed by atoms with Crippen molar-refractivity contribution < 1.29 is 14.3 Å². The molecular formula is C11H18O3. The third kappa shape index (κ3) is 1.97. The number of hydrogen-bond donors (Lipinski definition) is 0. The van der Waals surface area contributed by atoms with E-state index in [4.69, 9.17) is 4.74 Å². The highest BCUT2D eigenvalue weighted by atomic mass is 16.5. The maximum Gasteiger partial charge on any atom is 0.309 e. The summed E-state index contributed by atoms with van der Waals surface area (Å²) in [7, 11) is 1.41. The second-order valence-electron chi connectivity index (χ2n) is 4.26. The number of hydrogen-bond acceptors (Lipinski definition) is 3. The van der Waals surface area contributed by atoms with Crippen LogP contribution < -0.4 is 0 Å². The van der Waals surface area contributed by atoms with Crippen molar-refractivity contribution in [3.8, 4) is 0 Å². The zero-order chi connectivity index (χ0) is 10.7. The third-order valence-corrected chi connectivity index (χ3v) is 3.39. The Morgan fingerprint density at radius 1 is 1.50 bits per heavy atom. The van der Waals surface area contributed by atoms with E-state index >= 15 is 0 Å². The van der Waals surface area contributed by atoms with Gasteiger partial charge in [0, 0.05) is 5.92 Å². The van der Waals surface area contributed by atoms with E-state index in [9.17, 15) is 9.59 Å². The Morgan fingerprint density at radius 2 is 2.14 bits per heavy atom.